The Morgan fingerprint density at radius 1 is 0.958 bits per heavy atom. The summed E-state index contributed by atoms with van der Waals surface area (Å²) in [5.41, 5.74) is 2.75. The van der Waals surface area contributed by atoms with E-state index in [9.17, 15) is 4.79 Å². The number of rotatable bonds is 3. The average Bonchev–Trinajstić information content (AvgIpc) is 3.11. The second-order valence-electron chi connectivity index (χ2n) is 5.19. The van der Waals surface area contributed by atoms with Crippen LogP contribution in [0.2, 0.25) is 0 Å². The van der Waals surface area contributed by atoms with E-state index in [1.54, 1.807) is 47.8 Å². The molecule has 0 bridgehead atoms. The Morgan fingerprint density at radius 3 is 2.62 bits per heavy atom. The standard InChI is InChI=1S/C18H13N5O/c24-18(13-5-2-1-3-6-13)23(14-7-4-10-19-11-14)17-9-8-15-16(21-17)12-20-22-15/h1-12H,(H,20,22). The maximum atomic E-state index is 13.1. The smallest absolute Gasteiger partial charge is 0.264 e. The maximum Gasteiger partial charge on any atom is 0.264 e. The van der Waals surface area contributed by atoms with Crippen LogP contribution in [0.4, 0.5) is 11.5 Å². The SMILES string of the molecule is O=C(c1ccccc1)N(c1cccnc1)c1ccc2[nH]ncc2n1. The summed E-state index contributed by atoms with van der Waals surface area (Å²) in [6.45, 7) is 0. The first-order chi connectivity index (χ1) is 11.8. The molecule has 24 heavy (non-hydrogen) atoms. The van der Waals surface area contributed by atoms with Crippen LogP contribution < -0.4 is 4.90 Å². The number of carbonyl (C=O) groups is 1. The van der Waals surface area contributed by atoms with Crippen molar-refractivity contribution in [3.63, 3.8) is 0 Å². The number of aromatic amines is 1. The number of hydrogen-bond acceptors (Lipinski definition) is 4. The molecule has 6 nitrogen and oxygen atoms in total. The Bertz CT molecular complexity index is 982. The van der Waals surface area contributed by atoms with E-state index in [4.69, 9.17) is 0 Å². The van der Waals surface area contributed by atoms with Crippen LogP contribution in [0.3, 0.4) is 0 Å². The third-order valence-corrected chi connectivity index (χ3v) is 3.64. The second kappa shape index (κ2) is 5.92. The highest BCUT2D eigenvalue weighted by Gasteiger charge is 2.21. The highest BCUT2D eigenvalue weighted by Crippen LogP contribution is 2.26. The second-order valence-corrected chi connectivity index (χ2v) is 5.19. The minimum Gasteiger partial charge on any atom is -0.276 e. The summed E-state index contributed by atoms with van der Waals surface area (Å²) in [5.74, 6) is 0.352. The molecular formula is C18H13N5O. The molecule has 0 saturated heterocycles. The van der Waals surface area contributed by atoms with Crippen molar-refractivity contribution in [2.75, 3.05) is 4.90 Å². The summed E-state index contributed by atoms with van der Waals surface area (Å²) in [7, 11) is 0. The zero-order valence-electron chi connectivity index (χ0n) is 12.6. The molecule has 0 fully saturated rings. The Labute approximate surface area is 137 Å². The fourth-order valence-corrected chi connectivity index (χ4v) is 2.49. The van der Waals surface area contributed by atoms with Crippen molar-refractivity contribution in [3.8, 4) is 0 Å². The van der Waals surface area contributed by atoms with Gasteiger partial charge in [-0.05, 0) is 36.4 Å². The van der Waals surface area contributed by atoms with Crippen molar-refractivity contribution >= 4 is 28.4 Å². The highest BCUT2D eigenvalue weighted by atomic mass is 16.2. The van der Waals surface area contributed by atoms with E-state index >= 15 is 0 Å². The van der Waals surface area contributed by atoms with E-state index in [1.165, 1.54) is 0 Å². The van der Waals surface area contributed by atoms with Gasteiger partial charge in [0.1, 0.15) is 11.3 Å². The van der Waals surface area contributed by atoms with Gasteiger partial charge in [0.2, 0.25) is 0 Å². The first kappa shape index (κ1) is 14.1. The molecule has 0 spiro atoms. The minimum atomic E-state index is -0.168. The Kier molecular flexibility index (Phi) is 3.47. The van der Waals surface area contributed by atoms with E-state index in [1.807, 2.05) is 30.3 Å². The number of pyridine rings is 2. The lowest BCUT2D eigenvalue weighted by Gasteiger charge is -2.21. The van der Waals surface area contributed by atoms with Gasteiger partial charge in [0.25, 0.3) is 5.91 Å². The summed E-state index contributed by atoms with van der Waals surface area (Å²) in [4.78, 5) is 23.3. The lowest BCUT2D eigenvalue weighted by Crippen LogP contribution is -2.26. The number of anilines is 2. The highest BCUT2D eigenvalue weighted by molar-refractivity contribution is 6.10. The van der Waals surface area contributed by atoms with Crippen LogP contribution in [0, 0.1) is 0 Å². The van der Waals surface area contributed by atoms with E-state index in [0.29, 0.717) is 22.6 Å². The molecule has 0 aliphatic rings. The number of fused-ring (bicyclic) bond motifs is 1. The molecule has 0 radical (unpaired) electrons. The van der Waals surface area contributed by atoms with Crippen LogP contribution in [0.5, 0.6) is 0 Å². The van der Waals surface area contributed by atoms with Crippen LogP contribution in [0.15, 0.2) is 73.2 Å². The predicted molar refractivity (Wildman–Crippen MR) is 91.0 cm³/mol. The van der Waals surface area contributed by atoms with E-state index < -0.39 is 0 Å². The third kappa shape index (κ3) is 2.50. The molecular weight excluding hydrogens is 302 g/mol. The first-order valence-electron chi connectivity index (χ1n) is 7.42. The van der Waals surface area contributed by atoms with Crippen LogP contribution in [0.1, 0.15) is 10.4 Å². The predicted octanol–water partition coefficient (Wildman–Crippen LogP) is 3.33. The van der Waals surface area contributed by atoms with Crippen LogP contribution in [0.25, 0.3) is 11.0 Å². The molecule has 6 heteroatoms. The fraction of sp³-hybridized carbons (Fsp3) is 0. The molecule has 3 aromatic heterocycles. The van der Waals surface area contributed by atoms with Crippen molar-refractivity contribution in [2.24, 2.45) is 0 Å². The van der Waals surface area contributed by atoms with Gasteiger partial charge in [-0.1, -0.05) is 18.2 Å². The van der Waals surface area contributed by atoms with Gasteiger partial charge in [-0.25, -0.2) is 4.98 Å². The molecule has 1 aromatic carbocycles. The molecule has 4 rings (SSSR count). The summed E-state index contributed by atoms with van der Waals surface area (Å²) in [5, 5.41) is 6.83. The van der Waals surface area contributed by atoms with Gasteiger partial charge in [0.15, 0.2) is 0 Å². The molecule has 1 amide bonds. The zero-order valence-corrected chi connectivity index (χ0v) is 12.6. The fourth-order valence-electron chi connectivity index (χ4n) is 2.49. The molecule has 1 N–H and O–H groups in total. The van der Waals surface area contributed by atoms with E-state index in [2.05, 4.69) is 20.2 Å². The number of benzene rings is 1. The van der Waals surface area contributed by atoms with Gasteiger partial charge in [0, 0.05) is 11.8 Å². The molecule has 116 valence electrons. The largest absolute Gasteiger partial charge is 0.276 e. The van der Waals surface area contributed by atoms with Crippen LogP contribution in [-0.2, 0) is 0 Å². The summed E-state index contributed by atoms with van der Waals surface area (Å²) in [6.07, 6.45) is 4.94. The van der Waals surface area contributed by atoms with Gasteiger partial charge in [-0.2, -0.15) is 5.10 Å². The Balaban J connectivity index is 1.85. The number of H-pyrrole nitrogens is 1. The van der Waals surface area contributed by atoms with Gasteiger partial charge in [0.05, 0.1) is 23.6 Å². The van der Waals surface area contributed by atoms with Crippen LogP contribution in [-0.4, -0.2) is 26.1 Å². The lowest BCUT2D eigenvalue weighted by atomic mass is 10.2. The quantitative estimate of drug-likeness (QED) is 0.629. The Hall–Kier alpha value is -3.54. The molecule has 0 aliphatic carbocycles. The van der Waals surface area contributed by atoms with Crippen molar-refractivity contribution < 1.29 is 4.79 Å². The topological polar surface area (TPSA) is 74.8 Å². The first-order valence-corrected chi connectivity index (χ1v) is 7.42. The lowest BCUT2D eigenvalue weighted by molar-refractivity contribution is 0.0998. The minimum absolute atomic E-state index is 0.168. The Morgan fingerprint density at radius 2 is 1.83 bits per heavy atom. The number of hydrogen-bond donors (Lipinski definition) is 1. The molecule has 0 unspecified atom stereocenters. The van der Waals surface area contributed by atoms with Gasteiger partial charge in [-0.15, -0.1) is 0 Å². The van der Waals surface area contributed by atoms with Gasteiger partial charge in [-0.3, -0.25) is 19.8 Å². The molecule has 0 aliphatic heterocycles. The molecule has 4 aromatic rings. The van der Waals surface area contributed by atoms with Crippen molar-refractivity contribution in [1.82, 2.24) is 20.2 Å². The molecule has 0 saturated carbocycles. The van der Waals surface area contributed by atoms with Gasteiger partial charge >= 0.3 is 0 Å². The summed E-state index contributed by atoms with van der Waals surface area (Å²) < 4.78 is 0. The summed E-state index contributed by atoms with van der Waals surface area (Å²) in [6, 6.07) is 16.4. The van der Waals surface area contributed by atoms with E-state index in [0.717, 1.165) is 5.52 Å². The third-order valence-electron chi connectivity index (χ3n) is 3.64. The molecule has 0 atom stereocenters. The average molecular weight is 315 g/mol. The van der Waals surface area contributed by atoms with Gasteiger partial charge < -0.3 is 0 Å². The van der Waals surface area contributed by atoms with Crippen molar-refractivity contribution in [2.45, 2.75) is 0 Å². The number of nitrogens with zero attached hydrogens (tertiary/aromatic N) is 4. The van der Waals surface area contributed by atoms with Crippen molar-refractivity contribution in [1.29, 1.82) is 0 Å². The maximum absolute atomic E-state index is 13.1. The normalized spacial score (nSPS) is 10.7. The van der Waals surface area contributed by atoms with Crippen LogP contribution >= 0.6 is 0 Å². The monoisotopic (exact) mass is 315 g/mol. The number of carbonyl (C=O) groups excluding carboxylic acids is 1. The summed E-state index contributed by atoms with van der Waals surface area (Å²) >= 11 is 0. The number of aromatic nitrogens is 4. The molecule has 3 heterocycles. The van der Waals surface area contributed by atoms with Crippen molar-refractivity contribution in [3.05, 3.63) is 78.8 Å². The number of amides is 1. The van der Waals surface area contributed by atoms with E-state index in [-0.39, 0.29) is 5.91 Å². The zero-order chi connectivity index (χ0) is 16.4. The number of nitrogens with one attached hydrogen (secondary N) is 1.